The van der Waals surface area contributed by atoms with Crippen molar-refractivity contribution < 1.29 is 0 Å². The molecule has 0 amide bonds. The van der Waals surface area contributed by atoms with E-state index in [0.29, 0.717) is 5.82 Å². The summed E-state index contributed by atoms with van der Waals surface area (Å²) in [6.07, 6.45) is 0.885. The van der Waals surface area contributed by atoms with E-state index in [1.807, 2.05) is 6.92 Å². The van der Waals surface area contributed by atoms with Crippen molar-refractivity contribution >= 4 is 0 Å². The smallest absolute Gasteiger partial charge is 0.0927 e. The van der Waals surface area contributed by atoms with Gasteiger partial charge in [0.05, 0.1) is 5.82 Å². The van der Waals surface area contributed by atoms with Gasteiger partial charge in [0.15, 0.2) is 0 Å². The summed E-state index contributed by atoms with van der Waals surface area (Å²) in [6.45, 7) is 9.11. The Morgan fingerprint density at radius 1 is 1.62 bits per heavy atom. The number of nitrogens with one attached hydrogen (secondary N) is 1. The molecule has 0 aromatic carbocycles. The molecule has 46 valence electrons. The fourth-order valence-corrected chi connectivity index (χ4v) is 0.315. The zero-order valence-electron chi connectivity index (χ0n) is 5.20. The van der Waals surface area contributed by atoms with Crippen molar-refractivity contribution in [1.82, 2.24) is 5.32 Å². The molecule has 2 nitrogen and oxygen atoms in total. The first-order chi connectivity index (χ1) is 3.66. The topological polar surface area (TPSA) is 38.0 Å². The zero-order chi connectivity index (χ0) is 6.57. The van der Waals surface area contributed by atoms with Gasteiger partial charge < -0.3 is 11.1 Å². The molecule has 2 heteroatoms. The molecule has 0 bridgehead atoms. The van der Waals surface area contributed by atoms with Crippen LogP contribution in [0.1, 0.15) is 13.3 Å². The van der Waals surface area contributed by atoms with Crippen molar-refractivity contribution in [1.29, 1.82) is 0 Å². The Morgan fingerprint density at radius 2 is 2.12 bits per heavy atom. The Hall–Kier alpha value is -0.920. The predicted octanol–water partition coefficient (Wildman–Crippen LogP) is 0.930. The Kier molecular flexibility index (Phi) is 2.77. The van der Waals surface area contributed by atoms with Crippen LogP contribution in [0.15, 0.2) is 24.7 Å². The molecule has 0 rings (SSSR count). The van der Waals surface area contributed by atoms with Crippen LogP contribution in [0.25, 0.3) is 0 Å². The van der Waals surface area contributed by atoms with E-state index in [0.717, 1.165) is 12.1 Å². The third-order valence-electron chi connectivity index (χ3n) is 0.764. The molecule has 0 spiro atoms. The highest BCUT2D eigenvalue weighted by Crippen LogP contribution is 1.89. The summed E-state index contributed by atoms with van der Waals surface area (Å²) in [5.41, 5.74) is 6.10. The summed E-state index contributed by atoms with van der Waals surface area (Å²) in [7, 11) is 0. The third kappa shape index (κ3) is 3.28. The van der Waals surface area contributed by atoms with Gasteiger partial charge >= 0.3 is 0 Å². The van der Waals surface area contributed by atoms with Crippen LogP contribution in [0.2, 0.25) is 0 Å². The van der Waals surface area contributed by atoms with Crippen molar-refractivity contribution in [3.8, 4) is 0 Å². The molecular weight excluding hydrogens is 100 g/mol. The fourth-order valence-electron chi connectivity index (χ4n) is 0.315. The number of hydrogen-bond acceptors (Lipinski definition) is 2. The highest BCUT2D eigenvalue weighted by atomic mass is 15.0. The second-order valence-corrected chi connectivity index (χ2v) is 1.61. The SMILES string of the molecule is C=C(N)NC(=C)CC. The van der Waals surface area contributed by atoms with Crippen LogP contribution in [0.5, 0.6) is 0 Å². The van der Waals surface area contributed by atoms with Crippen LogP contribution in [-0.4, -0.2) is 0 Å². The molecule has 0 aromatic heterocycles. The molecule has 0 aliphatic heterocycles. The predicted molar refractivity (Wildman–Crippen MR) is 35.9 cm³/mol. The molecule has 3 N–H and O–H groups in total. The average Bonchev–Trinajstić information content (AvgIpc) is 1.65. The Bertz CT molecular complexity index is 105. The first kappa shape index (κ1) is 7.08. The lowest BCUT2D eigenvalue weighted by Crippen LogP contribution is -2.16. The van der Waals surface area contributed by atoms with Gasteiger partial charge in [-0.2, -0.15) is 0 Å². The van der Waals surface area contributed by atoms with Crippen molar-refractivity contribution in [2.75, 3.05) is 0 Å². The van der Waals surface area contributed by atoms with Crippen molar-refractivity contribution in [3.05, 3.63) is 24.7 Å². The number of rotatable bonds is 3. The molecule has 0 fully saturated rings. The summed E-state index contributed by atoms with van der Waals surface area (Å²) in [5.74, 6) is 0.455. The van der Waals surface area contributed by atoms with Gasteiger partial charge in [0, 0.05) is 5.70 Å². The third-order valence-corrected chi connectivity index (χ3v) is 0.764. The van der Waals surface area contributed by atoms with Gasteiger partial charge in [0.1, 0.15) is 0 Å². The van der Waals surface area contributed by atoms with E-state index in [-0.39, 0.29) is 0 Å². The minimum atomic E-state index is 0.455. The van der Waals surface area contributed by atoms with E-state index in [9.17, 15) is 0 Å². The van der Waals surface area contributed by atoms with Gasteiger partial charge in [0.2, 0.25) is 0 Å². The Labute approximate surface area is 50.1 Å². The standard InChI is InChI=1S/C6H12N2/c1-4-5(2)8-6(3)7/h8H,2-4,7H2,1H3. The molecule has 0 atom stereocenters. The molecule has 0 unspecified atom stereocenters. The number of allylic oxidation sites excluding steroid dienone is 1. The Morgan fingerprint density at radius 3 is 2.25 bits per heavy atom. The van der Waals surface area contributed by atoms with Crippen molar-refractivity contribution in [3.63, 3.8) is 0 Å². The summed E-state index contributed by atoms with van der Waals surface area (Å²) in [6, 6.07) is 0. The minimum Gasteiger partial charge on any atom is -0.386 e. The second kappa shape index (κ2) is 3.13. The summed E-state index contributed by atoms with van der Waals surface area (Å²) in [4.78, 5) is 0. The molecule has 0 heterocycles. The van der Waals surface area contributed by atoms with Gasteiger partial charge in [-0.3, -0.25) is 0 Å². The van der Waals surface area contributed by atoms with Gasteiger partial charge in [0.25, 0.3) is 0 Å². The van der Waals surface area contributed by atoms with E-state index < -0.39 is 0 Å². The van der Waals surface area contributed by atoms with Gasteiger partial charge in [-0.15, -0.1) is 0 Å². The van der Waals surface area contributed by atoms with Gasteiger partial charge in [-0.25, -0.2) is 0 Å². The molecule has 0 radical (unpaired) electrons. The first-order valence-electron chi connectivity index (χ1n) is 2.56. The summed E-state index contributed by atoms with van der Waals surface area (Å²) < 4.78 is 0. The summed E-state index contributed by atoms with van der Waals surface area (Å²) >= 11 is 0. The van der Waals surface area contributed by atoms with Crippen LogP contribution < -0.4 is 11.1 Å². The molecule has 0 saturated heterocycles. The average molecular weight is 112 g/mol. The highest BCUT2D eigenvalue weighted by molar-refractivity contribution is 4.99. The van der Waals surface area contributed by atoms with Gasteiger partial charge in [-0.1, -0.05) is 20.1 Å². The lowest BCUT2D eigenvalue weighted by atomic mass is 10.4. The maximum Gasteiger partial charge on any atom is 0.0927 e. The highest BCUT2D eigenvalue weighted by Gasteiger charge is 1.84. The molecule has 0 aromatic rings. The largest absolute Gasteiger partial charge is 0.386 e. The quantitative estimate of drug-likeness (QED) is 0.570. The number of hydrogen-bond donors (Lipinski definition) is 2. The molecule has 0 saturated carbocycles. The van der Waals surface area contributed by atoms with E-state index in [1.165, 1.54) is 0 Å². The maximum atomic E-state index is 5.20. The normalized spacial score (nSPS) is 8.12. The minimum absolute atomic E-state index is 0.455. The maximum absolute atomic E-state index is 5.20. The molecular formula is C6H12N2. The van der Waals surface area contributed by atoms with Crippen LogP contribution >= 0.6 is 0 Å². The van der Waals surface area contributed by atoms with Crippen LogP contribution in [0.3, 0.4) is 0 Å². The van der Waals surface area contributed by atoms with E-state index in [2.05, 4.69) is 18.5 Å². The lowest BCUT2D eigenvalue weighted by molar-refractivity contribution is 0.889. The Balaban J connectivity index is 3.40. The fraction of sp³-hybridized carbons (Fsp3) is 0.333. The van der Waals surface area contributed by atoms with Crippen molar-refractivity contribution in [2.45, 2.75) is 13.3 Å². The van der Waals surface area contributed by atoms with E-state index >= 15 is 0 Å². The van der Waals surface area contributed by atoms with Crippen LogP contribution in [-0.2, 0) is 0 Å². The molecule has 0 aliphatic carbocycles. The van der Waals surface area contributed by atoms with E-state index in [4.69, 9.17) is 5.73 Å². The van der Waals surface area contributed by atoms with Crippen LogP contribution in [0.4, 0.5) is 0 Å². The van der Waals surface area contributed by atoms with Crippen LogP contribution in [0, 0.1) is 0 Å². The lowest BCUT2D eigenvalue weighted by Gasteiger charge is -2.03. The van der Waals surface area contributed by atoms with Gasteiger partial charge in [-0.05, 0) is 6.42 Å². The first-order valence-corrected chi connectivity index (χ1v) is 2.56. The number of nitrogens with two attached hydrogens (primary N) is 1. The zero-order valence-corrected chi connectivity index (χ0v) is 5.20. The van der Waals surface area contributed by atoms with E-state index in [1.54, 1.807) is 0 Å². The van der Waals surface area contributed by atoms with Crippen molar-refractivity contribution in [2.24, 2.45) is 5.73 Å². The molecule has 0 aliphatic rings. The molecule has 8 heavy (non-hydrogen) atoms. The summed E-state index contributed by atoms with van der Waals surface area (Å²) in [5, 5.41) is 2.78. The second-order valence-electron chi connectivity index (χ2n) is 1.61. The monoisotopic (exact) mass is 112 g/mol.